The third kappa shape index (κ3) is 4.40. The zero-order valence-corrected chi connectivity index (χ0v) is 15.2. The minimum absolute atomic E-state index is 0.135. The molecule has 0 radical (unpaired) electrons. The summed E-state index contributed by atoms with van der Waals surface area (Å²) in [6, 6.07) is 11.7. The van der Waals surface area contributed by atoms with E-state index in [1.165, 1.54) is 28.2 Å². The Balaban J connectivity index is 1.73. The van der Waals surface area contributed by atoms with Crippen LogP contribution in [-0.2, 0) is 6.42 Å². The fourth-order valence-corrected chi connectivity index (χ4v) is 3.16. The molecule has 3 rings (SSSR count). The molecule has 2 heterocycles. The van der Waals surface area contributed by atoms with E-state index >= 15 is 0 Å². The zero-order valence-electron chi connectivity index (χ0n) is 14.4. The number of rotatable bonds is 7. The van der Waals surface area contributed by atoms with E-state index in [1.807, 2.05) is 6.07 Å². The van der Waals surface area contributed by atoms with Crippen molar-refractivity contribution in [2.24, 2.45) is 0 Å². The summed E-state index contributed by atoms with van der Waals surface area (Å²) in [5.74, 6) is -0.425. The summed E-state index contributed by atoms with van der Waals surface area (Å²) in [6.07, 6.45) is 4.21. The van der Waals surface area contributed by atoms with Gasteiger partial charge in [0, 0.05) is 12.5 Å². The van der Waals surface area contributed by atoms with Crippen LogP contribution < -0.4 is 10.9 Å². The molecule has 0 bridgehead atoms. The fraction of sp³-hybridized carbons (Fsp3) is 0.278. The second kappa shape index (κ2) is 8.48. The predicted octanol–water partition coefficient (Wildman–Crippen LogP) is 3.07. The lowest BCUT2D eigenvalue weighted by Gasteiger charge is -2.06. The van der Waals surface area contributed by atoms with Crippen LogP contribution in [0.2, 0.25) is 0 Å². The molecule has 1 amide bonds. The van der Waals surface area contributed by atoms with Crippen molar-refractivity contribution in [2.45, 2.75) is 32.6 Å². The Kier molecular flexibility index (Phi) is 5.85. The molecule has 3 aromatic rings. The van der Waals surface area contributed by atoms with Crippen molar-refractivity contribution in [2.75, 3.05) is 5.32 Å². The fourth-order valence-electron chi connectivity index (χ4n) is 2.38. The van der Waals surface area contributed by atoms with Gasteiger partial charge in [-0.25, -0.2) is 0 Å². The highest BCUT2D eigenvalue weighted by atomic mass is 32.1. The second-order valence-corrected chi connectivity index (χ2v) is 6.78. The smallest absolute Gasteiger partial charge is 0.277 e. The Labute approximate surface area is 154 Å². The molecule has 0 aliphatic carbocycles. The number of nitrogens with zero attached hydrogens (tertiary/aromatic N) is 4. The summed E-state index contributed by atoms with van der Waals surface area (Å²) in [5, 5.41) is 16.3. The molecule has 134 valence electrons. The third-order valence-electron chi connectivity index (χ3n) is 3.72. The number of hydrogen-bond acceptors (Lipinski definition) is 6. The third-order valence-corrected chi connectivity index (χ3v) is 4.61. The molecule has 7 nitrogen and oxygen atoms in total. The van der Waals surface area contributed by atoms with E-state index in [2.05, 4.69) is 27.5 Å². The summed E-state index contributed by atoms with van der Waals surface area (Å²) in [5.41, 5.74) is 0.430. The van der Waals surface area contributed by atoms with Gasteiger partial charge in [0.05, 0.1) is 5.69 Å². The van der Waals surface area contributed by atoms with Crippen molar-refractivity contribution in [3.8, 4) is 5.69 Å². The van der Waals surface area contributed by atoms with Gasteiger partial charge in [-0.2, -0.15) is 9.78 Å². The largest absolute Gasteiger partial charge is 0.295 e. The maximum atomic E-state index is 12.4. The van der Waals surface area contributed by atoms with Gasteiger partial charge in [-0.1, -0.05) is 49.3 Å². The average Bonchev–Trinajstić information content (AvgIpc) is 3.10. The summed E-state index contributed by atoms with van der Waals surface area (Å²) in [7, 11) is 0. The minimum Gasteiger partial charge on any atom is -0.295 e. The van der Waals surface area contributed by atoms with Crippen LogP contribution in [0.3, 0.4) is 0 Å². The lowest BCUT2D eigenvalue weighted by Crippen LogP contribution is -2.24. The van der Waals surface area contributed by atoms with E-state index in [0.29, 0.717) is 10.8 Å². The molecular weight excluding hydrogens is 350 g/mol. The first kappa shape index (κ1) is 17.9. The van der Waals surface area contributed by atoms with Gasteiger partial charge in [-0.05, 0) is 24.6 Å². The van der Waals surface area contributed by atoms with E-state index in [-0.39, 0.29) is 11.3 Å². The molecule has 0 spiro atoms. The number of para-hydroxylation sites is 1. The summed E-state index contributed by atoms with van der Waals surface area (Å²) < 4.78 is 1.20. The number of amides is 1. The molecule has 0 unspecified atom stereocenters. The van der Waals surface area contributed by atoms with Gasteiger partial charge in [-0.3, -0.25) is 14.9 Å². The van der Waals surface area contributed by atoms with Crippen molar-refractivity contribution in [1.82, 2.24) is 20.0 Å². The molecule has 1 aromatic carbocycles. The van der Waals surface area contributed by atoms with E-state index in [0.717, 1.165) is 30.7 Å². The summed E-state index contributed by atoms with van der Waals surface area (Å²) in [4.78, 5) is 24.5. The standard InChI is InChI=1S/C18H19N5O2S/c1-2-3-5-10-15-20-21-18(26-15)19-17(25)14-11-12-16(24)23(22-14)13-8-6-4-7-9-13/h4,6-9,11-12H,2-3,5,10H2,1H3,(H,19,21,25). The SMILES string of the molecule is CCCCCc1nnc(NC(=O)c2ccc(=O)n(-c3ccccc3)n2)s1. The molecule has 8 heteroatoms. The molecule has 26 heavy (non-hydrogen) atoms. The maximum absolute atomic E-state index is 12.4. The number of aromatic nitrogens is 4. The Bertz CT molecular complexity index is 936. The Morgan fingerprint density at radius 3 is 2.69 bits per heavy atom. The number of benzene rings is 1. The number of nitrogens with one attached hydrogen (secondary N) is 1. The molecule has 0 saturated heterocycles. The van der Waals surface area contributed by atoms with Crippen LogP contribution in [0.1, 0.15) is 41.7 Å². The quantitative estimate of drug-likeness (QED) is 0.647. The number of carbonyl (C=O) groups excluding carboxylic acids is 1. The maximum Gasteiger partial charge on any atom is 0.277 e. The first-order chi connectivity index (χ1) is 12.7. The number of unbranched alkanes of at least 4 members (excludes halogenated alkanes) is 2. The molecule has 0 fully saturated rings. The van der Waals surface area contributed by atoms with Crippen molar-refractivity contribution < 1.29 is 4.79 Å². The lowest BCUT2D eigenvalue weighted by molar-refractivity contribution is 0.102. The minimum atomic E-state index is -0.425. The molecule has 1 N–H and O–H groups in total. The van der Waals surface area contributed by atoms with E-state index in [9.17, 15) is 9.59 Å². The second-order valence-electron chi connectivity index (χ2n) is 5.72. The summed E-state index contributed by atoms with van der Waals surface area (Å²) in [6.45, 7) is 2.15. The summed E-state index contributed by atoms with van der Waals surface area (Å²) >= 11 is 1.36. The van der Waals surface area contributed by atoms with Crippen LogP contribution in [0.15, 0.2) is 47.3 Å². The monoisotopic (exact) mass is 369 g/mol. The van der Waals surface area contributed by atoms with Gasteiger partial charge in [0.15, 0.2) is 0 Å². The first-order valence-electron chi connectivity index (χ1n) is 8.47. The predicted molar refractivity (Wildman–Crippen MR) is 101 cm³/mol. The van der Waals surface area contributed by atoms with E-state index in [1.54, 1.807) is 24.3 Å². The normalized spacial score (nSPS) is 10.7. The van der Waals surface area contributed by atoms with Gasteiger partial charge in [0.25, 0.3) is 11.5 Å². The molecule has 0 aliphatic rings. The van der Waals surface area contributed by atoms with E-state index in [4.69, 9.17) is 0 Å². The first-order valence-corrected chi connectivity index (χ1v) is 9.28. The Morgan fingerprint density at radius 1 is 1.12 bits per heavy atom. The van der Waals surface area contributed by atoms with Crippen molar-refractivity contribution in [3.63, 3.8) is 0 Å². The number of anilines is 1. The number of hydrogen-bond donors (Lipinski definition) is 1. The van der Waals surface area contributed by atoms with Crippen LogP contribution >= 0.6 is 11.3 Å². The van der Waals surface area contributed by atoms with Gasteiger partial charge >= 0.3 is 0 Å². The van der Waals surface area contributed by atoms with Crippen LogP contribution in [0.4, 0.5) is 5.13 Å². The van der Waals surface area contributed by atoms with Gasteiger partial charge in [0.1, 0.15) is 10.7 Å². The lowest BCUT2D eigenvalue weighted by atomic mass is 10.2. The van der Waals surface area contributed by atoms with Gasteiger partial charge in [0.2, 0.25) is 5.13 Å². The highest BCUT2D eigenvalue weighted by Gasteiger charge is 2.13. The van der Waals surface area contributed by atoms with E-state index < -0.39 is 5.91 Å². The molecular formula is C18H19N5O2S. The Hall–Kier alpha value is -2.87. The molecule has 0 aliphatic heterocycles. The molecule has 2 aromatic heterocycles. The molecule has 0 atom stereocenters. The van der Waals surface area contributed by atoms with Crippen LogP contribution in [0.25, 0.3) is 5.69 Å². The zero-order chi connectivity index (χ0) is 18.4. The van der Waals surface area contributed by atoms with Gasteiger partial charge < -0.3 is 0 Å². The van der Waals surface area contributed by atoms with Crippen molar-refractivity contribution in [3.05, 3.63) is 63.5 Å². The van der Waals surface area contributed by atoms with Gasteiger partial charge in [-0.15, -0.1) is 10.2 Å². The highest BCUT2D eigenvalue weighted by Crippen LogP contribution is 2.18. The van der Waals surface area contributed by atoms with Crippen LogP contribution in [0.5, 0.6) is 0 Å². The number of aryl methyl sites for hydroxylation is 1. The molecule has 0 saturated carbocycles. The van der Waals surface area contributed by atoms with Crippen LogP contribution in [-0.4, -0.2) is 25.9 Å². The van der Waals surface area contributed by atoms with Crippen molar-refractivity contribution in [1.29, 1.82) is 0 Å². The van der Waals surface area contributed by atoms with Crippen LogP contribution in [0, 0.1) is 0 Å². The topological polar surface area (TPSA) is 89.8 Å². The Morgan fingerprint density at radius 2 is 1.92 bits per heavy atom. The number of carbonyl (C=O) groups is 1. The van der Waals surface area contributed by atoms with Crippen molar-refractivity contribution >= 4 is 22.4 Å². The highest BCUT2D eigenvalue weighted by molar-refractivity contribution is 7.15. The average molecular weight is 369 g/mol.